The summed E-state index contributed by atoms with van der Waals surface area (Å²) in [4.78, 5) is 26.7. The van der Waals surface area contributed by atoms with Crippen molar-refractivity contribution in [2.24, 2.45) is 11.7 Å². The summed E-state index contributed by atoms with van der Waals surface area (Å²) in [7, 11) is 0. The second-order valence-corrected chi connectivity index (χ2v) is 8.29. The zero-order valence-electron chi connectivity index (χ0n) is 16.2. The molecule has 0 aromatic heterocycles. The lowest BCUT2D eigenvalue weighted by Gasteiger charge is -2.21. The number of nitrogens with one attached hydrogen (secondary N) is 1. The molecule has 1 heterocycles. The Labute approximate surface area is 171 Å². The minimum absolute atomic E-state index is 0. The van der Waals surface area contributed by atoms with Crippen LogP contribution in [0.4, 0.5) is 5.69 Å². The van der Waals surface area contributed by atoms with Gasteiger partial charge in [0.2, 0.25) is 11.8 Å². The smallest absolute Gasteiger partial charge is 0.227 e. The van der Waals surface area contributed by atoms with Crippen LogP contribution in [0.5, 0.6) is 0 Å². The Morgan fingerprint density at radius 1 is 1.18 bits per heavy atom. The van der Waals surface area contributed by atoms with E-state index in [0.717, 1.165) is 12.1 Å². The number of nitrogens with two attached hydrogens (primary N) is 1. The number of nitrogens with zero attached hydrogens (tertiary/aromatic N) is 1. The summed E-state index contributed by atoms with van der Waals surface area (Å²) in [6, 6.07) is 14.6. The summed E-state index contributed by atoms with van der Waals surface area (Å²) in [6.07, 6.45) is 1.13. The highest BCUT2D eigenvalue weighted by molar-refractivity contribution is 6.00. The molecule has 148 valence electrons. The first-order valence-corrected chi connectivity index (χ1v) is 9.40. The lowest BCUT2D eigenvalue weighted by molar-refractivity contribution is -0.126. The van der Waals surface area contributed by atoms with E-state index in [1.807, 2.05) is 19.9 Å². The third-order valence-corrected chi connectivity index (χ3v) is 5.30. The lowest BCUT2D eigenvalue weighted by Crippen LogP contribution is -2.46. The Morgan fingerprint density at radius 2 is 1.89 bits per heavy atom. The van der Waals surface area contributed by atoms with Crippen molar-refractivity contribution in [1.29, 1.82) is 0 Å². The van der Waals surface area contributed by atoms with E-state index in [0.29, 0.717) is 13.1 Å². The maximum atomic E-state index is 12.5. The van der Waals surface area contributed by atoms with Crippen molar-refractivity contribution in [3.8, 4) is 11.1 Å². The van der Waals surface area contributed by atoms with Gasteiger partial charge in [-0.25, -0.2) is 0 Å². The molecule has 1 aliphatic carbocycles. The number of fused-ring (bicyclic) bond motifs is 3. The van der Waals surface area contributed by atoms with Gasteiger partial charge in [0, 0.05) is 30.7 Å². The molecule has 4 rings (SSSR count). The Morgan fingerprint density at radius 3 is 2.64 bits per heavy atom. The third-order valence-electron chi connectivity index (χ3n) is 5.30. The van der Waals surface area contributed by atoms with Crippen molar-refractivity contribution in [1.82, 2.24) is 5.32 Å². The van der Waals surface area contributed by atoms with Gasteiger partial charge in [0.15, 0.2) is 0 Å². The Balaban J connectivity index is 0.00000225. The van der Waals surface area contributed by atoms with Crippen molar-refractivity contribution in [2.45, 2.75) is 32.2 Å². The quantitative estimate of drug-likeness (QED) is 0.708. The first-order valence-electron chi connectivity index (χ1n) is 9.40. The van der Waals surface area contributed by atoms with E-state index in [9.17, 15) is 9.59 Å². The molecule has 3 N–H and O–H groups in total. The molecule has 0 bridgehead atoms. The SMILES string of the molecule is CC(C)(N)CNC(=O)C1CC(=O)N(c2ccc3c(c2)Cc2ccccc2-3)C1.Cl. The molecule has 2 amide bonds. The molecule has 2 aromatic carbocycles. The average molecular weight is 400 g/mol. The summed E-state index contributed by atoms with van der Waals surface area (Å²) in [5, 5.41) is 2.87. The Kier molecular flexibility index (Phi) is 5.50. The molecule has 28 heavy (non-hydrogen) atoms. The highest BCUT2D eigenvalue weighted by atomic mass is 35.5. The number of rotatable bonds is 4. The molecule has 1 saturated heterocycles. The number of hydrogen-bond acceptors (Lipinski definition) is 3. The topological polar surface area (TPSA) is 75.4 Å². The van der Waals surface area contributed by atoms with Gasteiger partial charge in [-0.1, -0.05) is 30.3 Å². The van der Waals surface area contributed by atoms with E-state index >= 15 is 0 Å². The second kappa shape index (κ2) is 7.57. The van der Waals surface area contributed by atoms with E-state index in [4.69, 9.17) is 5.73 Å². The van der Waals surface area contributed by atoms with Gasteiger partial charge in [-0.05, 0) is 54.7 Å². The molecule has 5 nitrogen and oxygen atoms in total. The first-order chi connectivity index (χ1) is 12.8. The van der Waals surface area contributed by atoms with Gasteiger partial charge >= 0.3 is 0 Å². The summed E-state index contributed by atoms with van der Waals surface area (Å²) < 4.78 is 0. The van der Waals surface area contributed by atoms with E-state index in [1.54, 1.807) is 4.90 Å². The Hall–Kier alpha value is -2.37. The van der Waals surface area contributed by atoms with Gasteiger partial charge in [0.05, 0.1) is 5.92 Å². The highest BCUT2D eigenvalue weighted by Gasteiger charge is 2.35. The molecule has 0 spiro atoms. The van der Waals surface area contributed by atoms with Crippen LogP contribution in [0.2, 0.25) is 0 Å². The standard InChI is InChI=1S/C22H25N3O2.ClH/c1-22(2,23)13-24-21(27)16-11-20(26)25(12-16)17-7-8-19-15(10-17)9-14-5-3-4-6-18(14)19;/h3-8,10,16H,9,11-13,23H2,1-2H3,(H,24,27);1H. The third kappa shape index (κ3) is 3.91. The van der Waals surface area contributed by atoms with E-state index in [2.05, 4.69) is 41.7 Å². The summed E-state index contributed by atoms with van der Waals surface area (Å²) in [5.41, 5.74) is 11.4. The van der Waals surface area contributed by atoms with Crippen LogP contribution in [0.25, 0.3) is 11.1 Å². The number of halogens is 1. The lowest BCUT2D eigenvalue weighted by atomic mass is 10.0. The molecule has 1 atom stereocenters. The fraction of sp³-hybridized carbons (Fsp3) is 0.364. The molecule has 1 aliphatic heterocycles. The molecular formula is C22H26ClN3O2. The zero-order chi connectivity index (χ0) is 19.2. The fourth-order valence-electron chi connectivity index (χ4n) is 3.89. The Bertz CT molecular complexity index is 920. The number of anilines is 1. The average Bonchev–Trinajstić information content (AvgIpc) is 3.19. The predicted molar refractivity (Wildman–Crippen MR) is 114 cm³/mol. The number of carbonyl (C=O) groups excluding carboxylic acids is 2. The van der Waals surface area contributed by atoms with E-state index in [-0.39, 0.29) is 36.6 Å². The summed E-state index contributed by atoms with van der Waals surface area (Å²) in [5.74, 6) is -0.430. The molecule has 6 heteroatoms. The van der Waals surface area contributed by atoms with Crippen LogP contribution in [0.1, 0.15) is 31.4 Å². The second-order valence-electron chi connectivity index (χ2n) is 8.29. The van der Waals surface area contributed by atoms with Crippen LogP contribution in [0.3, 0.4) is 0 Å². The van der Waals surface area contributed by atoms with E-state index in [1.165, 1.54) is 22.3 Å². The van der Waals surface area contributed by atoms with Gasteiger partial charge in [0.1, 0.15) is 0 Å². The van der Waals surface area contributed by atoms with Crippen LogP contribution in [0.15, 0.2) is 42.5 Å². The number of hydrogen-bond donors (Lipinski definition) is 2. The normalized spacial score (nSPS) is 17.8. The first kappa shape index (κ1) is 20.4. The van der Waals surface area contributed by atoms with Crippen molar-refractivity contribution in [3.63, 3.8) is 0 Å². The van der Waals surface area contributed by atoms with Crippen LogP contribution in [0, 0.1) is 5.92 Å². The van der Waals surface area contributed by atoms with Gasteiger partial charge in [-0.3, -0.25) is 9.59 Å². The molecule has 2 aliphatic rings. The van der Waals surface area contributed by atoms with Crippen molar-refractivity contribution in [3.05, 3.63) is 53.6 Å². The van der Waals surface area contributed by atoms with Crippen LogP contribution in [-0.2, 0) is 16.0 Å². The van der Waals surface area contributed by atoms with Gasteiger partial charge in [-0.2, -0.15) is 0 Å². The molecule has 1 unspecified atom stereocenters. The zero-order valence-corrected chi connectivity index (χ0v) is 17.0. The van der Waals surface area contributed by atoms with Crippen molar-refractivity contribution < 1.29 is 9.59 Å². The summed E-state index contributed by atoms with van der Waals surface area (Å²) >= 11 is 0. The van der Waals surface area contributed by atoms with Gasteiger partial charge in [0.25, 0.3) is 0 Å². The van der Waals surface area contributed by atoms with Gasteiger partial charge < -0.3 is 16.0 Å². The largest absolute Gasteiger partial charge is 0.354 e. The molecule has 2 aromatic rings. The monoisotopic (exact) mass is 399 g/mol. The van der Waals surface area contributed by atoms with Crippen LogP contribution >= 0.6 is 12.4 Å². The fourth-order valence-corrected chi connectivity index (χ4v) is 3.89. The van der Waals surface area contributed by atoms with Crippen molar-refractivity contribution in [2.75, 3.05) is 18.0 Å². The number of carbonyl (C=O) groups is 2. The molecule has 1 fully saturated rings. The number of benzene rings is 2. The van der Waals surface area contributed by atoms with E-state index < -0.39 is 5.54 Å². The van der Waals surface area contributed by atoms with Crippen LogP contribution in [-0.4, -0.2) is 30.4 Å². The van der Waals surface area contributed by atoms with Gasteiger partial charge in [-0.15, -0.1) is 12.4 Å². The minimum Gasteiger partial charge on any atom is -0.354 e. The minimum atomic E-state index is -0.465. The van der Waals surface area contributed by atoms with Crippen molar-refractivity contribution >= 4 is 29.9 Å². The summed E-state index contributed by atoms with van der Waals surface area (Å²) in [6.45, 7) is 4.54. The maximum absolute atomic E-state index is 12.5. The molecule has 0 saturated carbocycles. The number of amides is 2. The molecular weight excluding hydrogens is 374 g/mol. The predicted octanol–water partition coefficient (Wildman–Crippen LogP) is 2.89. The highest BCUT2D eigenvalue weighted by Crippen LogP contribution is 2.39. The molecule has 0 radical (unpaired) electrons. The maximum Gasteiger partial charge on any atom is 0.227 e. The van der Waals surface area contributed by atoms with Crippen LogP contribution < -0.4 is 16.0 Å².